The van der Waals surface area contributed by atoms with E-state index < -0.39 is 0 Å². The fourth-order valence-electron chi connectivity index (χ4n) is 2.57. The Morgan fingerprint density at radius 1 is 1.19 bits per heavy atom. The molecule has 0 bridgehead atoms. The molecule has 1 amide bonds. The van der Waals surface area contributed by atoms with E-state index in [4.69, 9.17) is 0 Å². The Labute approximate surface area is 132 Å². The number of anilines is 1. The first kappa shape index (κ1) is 14.3. The van der Waals surface area contributed by atoms with E-state index in [1.54, 1.807) is 0 Å². The van der Waals surface area contributed by atoms with Crippen LogP contribution in [0.4, 0.5) is 5.69 Å². The van der Waals surface area contributed by atoms with Crippen molar-refractivity contribution in [3.63, 3.8) is 0 Å². The first-order valence-electron chi connectivity index (χ1n) is 7.03. The van der Waals surface area contributed by atoms with Gasteiger partial charge in [0.25, 0.3) is 5.91 Å². The van der Waals surface area contributed by atoms with Gasteiger partial charge in [0.05, 0.1) is 5.56 Å². The lowest BCUT2D eigenvalue weighted by atomic mass is 10.0. The van der Waals surface area contributed by atoms with Crippen molar-refractivity contribution in [1.29, 1.82) is 0 Å². The number of hydrogen-bond donors (Lipinski definition) is 2. The Morgan fingerprint density at radius 2 is 2.05 bits per heavy atom. The molecule has 0 atom stereocenters. The summed E-state index contributed by atoms with van der Waals surface area (Å²) in [7, 11) is 0. The number of carbonyl (C=O) groups excluding carboxylic acids is 1. The molecule has 3 rings (SSSR count). The van der Waals surface area contributed by atoms with Crippen molar-refractivity contribution in [2.24, 2.45) is 0 Å². The number of fused-ring (bicyclic) bond motifs is 1. The number of carbonyl (C=O) groups is 1. The second kappa shape index (κ2) is 6.00. The summed E-state index contributed by atoms with van der Waals surface area (Å²) >= 11 is 3.43. The second-order valence-electron chi connectivity index (χ2n) is 5.35. The summed E-state index contributed by atoms with van der Waals surface area (Å²) in [4.78, 5) is 12.4. The predicted octanol–water partition coefficient (Wildman–Crippen LogP) is 3.66. The Hall–Kier alpha value is -1.65. The van der Waals surface area contributed by atoms with Crippen molar-refractivity contribution in [3.8, 4) is 0 Å². The monoisotopic (exact) mass is 344 g/mol. The summed E-state index contributed by atoms with van der Waals surface area (Å²) in [5, 5.41) is 6.33. The smallest absolute Gasteiger partial charge is 0.256 e. The Kier molecular flexibility index (Phi) is 4.08. The van der Waals surface area contributed by atoms with Crippen LogP contribution in [0.25, 0.3) is 0 Å². The van der Waals surface area contributed by atoms with Gasteiger partial charge in [-0.2, -0.15) is 0 Å². The van der Waals surface area contributed by atoms with Gasteiger partial charge in [0.15, 0.2) is 0 Å². The van der Waals surface area contributed by atoms with Crippen molar-refractivity contribution >= 4 is 27.5 Å². The number of benzene rings is 2. The van der Waals surface area contributed by atoms with Crippen LogP contribution in [0.2, 0.25) is 0 Å². The van der Waals surface area contributed by atoms with Crippen LogP contribution < -0.4 is 10.6 Å². The van der Waals surface area contributed by atoms with E-state index in [9.17, 15) is 4.79 Å². The molecule has 0 radical (unpaired) electrons. The number of aryl methyl sites for hydroxylation is 1. The van der Waals surface area contributed by atoms with Gasteiger partial charge < -0.3 is 10.6 Å². The Balaban J connectivity index is 1.83. The Morgan fingerprint density at radius 3 is 2.90 bits per heavy atom. The van der Waals surface area contributed by atoms with Crippen LogP contribution in [0.15, 0.2) is 40.9 Å². The lowest BCUT2D eigenvalue weighted by Gasteiger charge is -2.18. The molecule has 4 heteroatoms. The quantitative estimate of drug-likeness (QED) is 0.872. The molecule has 2 aromatic rings. The minimum atomic E-state index is -0.0886. The molecule has 1 heterocycles. The molecule has 2 aromatic carbocycles. The van der Waals surface area contributed by atoms with Crippen molar-refractivity contribution < 1.29 is 4.79 Å². The summed E-state index contributed by atoms with van der Waals surface area (Å²) < 4.78 is 0.810. The zero-order valence-electron chi connectivity index (χ0n) is 11.9. The van der Waals surface area contributed by atoms with E-state index in [1.807, 2.05) is 31.2 Å². The molecule has 0 saturated heterocycles. The molecule has 1 aliphatic rings. The molecule has 1 aliphatic heterocycles. The molecule has 0 aromatic heterocycles. The molecule has 0 unspecified atom stereocenters. The van der Waals surface area contributed by atoms with Gasteiger partial charge in [-0.25, -0.2) is 0 Å². The van der Waals surface area contributed by atoms with Gasteiger partial charge in [-0.15, -0.1) is 0 Å². The minimum absolute atomic E-state index is 0.0886. The summed E-state index contributed by atoms with van der Waals surface area (Å²) in [6.45, 7) is 3.87. The third-order valence-electron chi connectivity index (χ3n) is 3.72. The van der Waals surface area contributed by atoms with Crippen LogP contribution in [-0.2, 0) is 13.0 Å². The molecule has 0 aliphatic carbocycles. The van der Waals surface area contributed by atoms with Gasteiger partial charge in [-0.05, 0) is 71.2 Å². The van der Waals surface area contributed by atoms with Gasteiger partial charge in [0.1, 0.15) is 0 Å². The predicted molar refractivity (Wildman–Crippen MR) is 88.7 cm³/mol. The molecule has 21 heavy (non-hydrogen) atoms. The molecular weight excluding hydrogens is 328 g/mol. The van der Waals surface area contributed by atoms with Crippen LogP contribution in [0.3, 0.4) is 0 Å². The van der Waals surface area contributed by atoms with E-state index in [0.717, 1.165) is 35.2 Å². The van der Waals surface area contributed by atoms with Gasteiger partial charge in [-0.3, -0.25) is 4.79 Å². The normalized spacial score (nSPS) is 13.6. The molecule has 0 saturated carbocycles. The highest BCUT2D eigenvalue weighted by molar-refractivity contribution is 9.10. The topological polar surface area (TPSA) is 41.1 Å². The SMILES string of the molecule is Cc1ccc(Br)c(C(=O)Nc2ccc3c(c2)CNCC3)c1. The van der Waals surface area contributed by atoms with Crippen LogP contribution in [0.5, 0.6) is 0 Å². The van der Waals surface area contributed by atoms with Crippen LogP contribution in [-0.4, -0.2) is 12.5 Å². The highest BCUT2D eigenvalue weighted by Crippen LogP contribution is 2.22. The van der Waals surface area contributed by atoms with Gasteiger partial charge >= 0.3 is 0 Å². The molecule has 3 nitrogen and oxygen atoms in total. The number of amides is 1. The van der Waals surface area contributed by atoms with E-state index >= 15 is 0 Å². The van der Waals surface area contributed by atoms with Crippen LogP contribution >= 0.6 is 15.9 Å². The van der Waals surface area contributed by atoms with Crippen LogP contribution in [0.1, 0.15) is 27.0 Å². The molecule has 108 valence electrons. The van der Waals surface area contributed by atoms with Crippen molar-refractivity contribution in [2.45, 2.75) is 19.9 Å². The third-order valence-corrected chi connectivity index (χ3v) is 4.41. The average molecular weight is 345 g/mol. The maximum Gasteiger partial charge on any atom is 0.256 e. The summed E-state index contributed by atoms with van der Waals surface area (Å²) in [5.41, 5.74) is 5.20. The third kappa shape index (κ3) is 3.17. The number of rotatable bonds is 2. The van der Waals surface area contributed by atoms with Crippen molar-refractivity contribution in [1.82, 2.24) is 5.32 Å². The van der Waals surface area contributed by atoms with Gasteiger partial charge in [-0.1, -0.05) is 17.7 Å². The van der Waals surface area contributed by atoms with Gasteiger partial charge in [0, 0.05) is 16.7 Å². The van der Waals surface area contributed by atoms with E-state index in [2.05, 4.69) is 38.7 Å². The summed E-state index contributed by atoms with van der Waals surface area (Å²) in [6.07, 6.45) is 1.05. The largest absolute Gasteiger partial charge is 0.322 e. The first-order valence-corrected chi connectivity index (χ1v) is 7.83. The van der Waals surface area contributed by atoms with Crippen molar-refractivity contribution in [3.05, 3.63) is 63.1 Å². The highest BCUT2D eigenvalue weighted by Gasteiger charge is 2.13. The number of hydrogen-bond acceptors (Lipinski definition) is 2. The van der Waals surface area contributed by atoms with Gasteiger partial charge in [0.2, 0.25) is 0 Å². The summed E-state index contributed by atoms with van der Waals surface area (Å²) in [6, 6.07) is 11.9. The molecule has 2 N–H and O–H groups in total. The molecule has 0 fully saturated rings. The fraction of sp³-hybridized carbons (Fsp3) is 0.235. The lowest BCUT2D eigenvalue weighted by molar-refractivity contribution is 0.102. The van der Waals surface area contributed by atoms with Crippen molar-refractivity contribution in [2.75, 3.05) is 11.9 Å². The van der Waals surface area contributed by atoms with E-state index in [1.165, 1.54) is 11.1 Å². The maximum atomic E-state index is 12.4. The zero-order chi connectivity index (χ0) is 14.8. The Bertz CT molecular complexity index is 697. The van der Waals surface area contributed by atoms with E-state index in [-0.39, 0.29) is 5.91 Å². The lowest BCUT2D eigenvalue weighted by Crippen LogP contribution is -2.23. The number of halogens is 1. The highest BCUT2D eigenvalue weighted by atomic mass is 79.9. The minimum Gasteiger partial charge on any atom is -0.322 e. The van der Waals surface area contributed by atoms with E-state index in [0.29, 0.717) is 5.56 Å². The zero-order valence-corrected chi connectivity index (χ0v) is 13.5. The summed E-state index contributed by atoms with van der Waals surface area (Å²) in [5.74, 6) is -0.0886. The molecule has 0 spiro atoms. The standard InChI is InChI=1S/C17H17BrN2O/c1-11-2-5-16(18)15(8-11)17(21)20-14-4-3-12-6-7-19-10-13(12)9-14/h2-5,8-9,19H,6-7,10H2,1H3,(H,20,21). The maximum absolute atomic E-state index is 12.4. The first-order chi connectivity index (χ1) is 10.1. The second-order valence-corrected chi connectivity index (χ2v) is 6.20. The molecular formula is C17H17BrN2O. The van der Waals surface area contributed by atoms with Crippen LogP contribution in [0, 0.1) is 6.92 Å². The number of nitrogens with one attached hydrogen (secondary N) is 2. The average Bonchev–Trinajstić information content (AvgIpc) is 2.49. The fourth-order valence-corrected chi connectivity index (χ4v) is 3.00.